The molecule has 0 amide bonds. The Labute approximate surface area is 66.4 Å². The number of carbonyl (C=O) groups is 1. The third-order valence-corrected chi connectivity index (χ3v) is 1.89. The topological polar surface area (TPSA) is 43.8 Å². The molecule has 1 fully saturated rings. The van der Waals surface area contributed by atoms with Crippen LogP contribution in [-0.4, -0.2) is 53.7 Å². The summed E-state index contributed by atoms with van der Waals surface area (Å²) in [6.45, 7) is 3.49. The largest absolute Gasteiger partial charge is 0.365 e. The molecule has 1 saturated heterocycles. The summed E-state index contributed by atoms with van der Waals surface area (Å²) < 4.78 is 0. The maximum absolute atomic E-state index is 10.7. The molecule has 0 aromatic carbocycles. The van der Waals surface area contributed by atoms with E-state index < -0.39 is 6.35 Å². The Balaban J connectivity index is 2.42. The first kappa shape index (κ1) is 8.64. The van der Waals surface area contributed by atoms with Gasteiger partial charge in [0.25, 0.3) is 0 Å². The minimum absolute atomic E-state index is 0.0966. The van der Waals surface area contributed by atoms with Gasteiger partial charge >= 0.3 is 0 Å². The summed E-state index contributed by atoms with van der Waals surface area (Å²) in [5.74, 6) is 0.0966. The monoisotopic (exact) mass is 158 g/mol. The Morgan fingerprint density at radius 1 is 1.64 bits per heavy atom. The molecular formula is C7H14N2O2. The van der Waals surface area contributed by atoms with E-state index in [1.165, 1.54) is 6.92 Å². The molecule has 0 bridgehead atoms. The second kappa shape index (κ2) is 3.30. The number of ketones is 1. The molecule has 4 nitrogen and oxygen atoms in total. The first-order valence-corrected chi connectivity index (χ1v) is 3.73. The smallest absolute Gasteiger partial charge is 0.165 e. The number of aliphatic hydroxyl groups excluding tert-OH is 1. The average molecular weight is 158 g/mol. The van der Waals surface area contributed by atoms with E-state index in [1.807, 2.05) is 11.9 Å². The maximum atomic E-state index is 10.7. The standard InChI is InChI=1S/C7H14N2O2/c1-6(10)5-9-4-3-8(2)7(9)11/h7,11H,3-5H2,1-2H3. The molecule has 1 atom stereocenters. The van der Waals surface area contributed by atoms with Crippen LogP contribution in [0.5, 0.6) is 0 Å². The van der Waals surface area contributed by atoms with Gasteiger partial charge in [-0.1, -0.05) is 0 Å². The normalized spacial score (nSPS) is 27.7. The van der Waals surface area contributed by atoms with Crippen molar-refractivity contribution in [3.8, 4) is 0 Å². The van der Waals surface area contributed by atoms with Gasteiger partial charge in [-0.3, -0.25) is 14.6 Å². The average Bonchev–Trinajstić information content (AvgIpc) is 2.18. The Morgan fingerprint density at radius 3 is 2.64 bits per heavy atom. The summed E-state index contributed by atoms with van der Waals surface area (Å²) >= 11 is 0. The lowest BCUT2D eigenvalue weighted by Crippen LogP contribution is -2.38. The van der Waals surface area contributed by atoms with E-state index in [2.05, 4.69) is 0 Å². The molecule has 1 unspecified atom stereocenters. The SMILES string of the molecule is CC(=O)CN1CCN(C)C1O. The molecule has 1 heterocycles. The zero-order valence-electron chi connectivity index (χ0n) is 6.95. The number of hydrogen-bond acceptors (Lipinski definition) is 4. The molecule has 1 rings (SSSR count). The Hall–Kier alpha value is -0.450. The van der Waals surface area contributed by atoms with Crippen LogP contribution < -0.4 is 0 Å². The van der Waals surface area contributed by atoms with Crippen LogP contribution >= 0.6 is 0 Å². The van der Waals surface area contributed by atoms with Gasteiger partial charge in [0.15, 0.2) is 6.35 Å². The van der Waals surface area contributed by atoms with Crippen molar-refractivity contribution in [3.05, 3.63) is 0 Å². The second-order valence-electron chi connectivity index (χ2n) is 3.00. The summed E-state index contributed by atoms with van der Waals surface area (Å²) in [5.41, 5.74) is 0. The van der Waals surface area contributed by atoms with Crippen molar-refractivity contribution in [3.63, 3.8) is 0 Å². The zero-order chi connectivity index (χ0) is 8.43. The Bertz CT molecular complexity index is 161. The van der Waals surface area contributed by atoms with Crippen molar-refractivity contribution in [2.45, 2.75) is 13.3 Å². The number of rotatable bonds is 2. The molecule has 0 radical (unpaired) electrons. The lowest BCUT2D eigenvalue weighted by Gasteiger charge is -2.20. The van der Waals surface area contributed by atoms with Crippen LogP contribution in [0.15, 0.2) is 0 Å². The Kier molecular flexibility index (Phi) is 2.59. The number of hydrogen-bond donors (Lipinski definition) is 1. The van der Waals surface area contributed by atoms with Crippen LogP contribution in [0.1, 0.15) is 6.92 Å². The highest BCUT2D eigenvalue weighted by molar-refractivity contribution is 5.77. The number of aliphatic hydroxyl groups is 1. The third kappa shape index (κ3) is 1.99. The van der Waals surface area contributed by atoms with Gasteiger partial charge in [-0.05, 0) is 14.0 Å². The van der Waals surface area contributed by atoms with Crippen LogP contribution in [0, 0.1) is 0 Å². The predicted molar refractivity (Wildman–Crippen MR) is 40.9 cm³/mol. The number of likely N-dealkylation sites (N-methyl/N-ethyl adjacent to an activating group) is 1. The van der Waals surface area contributed by atoms with E-state index in [0.29, 0.717) is 6.54 Å². The zero-order valence-corrected chi connectivity index (χ0v) is 6.95. The van der Waals surface area contributed by atoms with E-state index in [4.69, 9.17) is 0 Å². The van der Waals surface area contributed by atoms with Crippen molar-refractivity contribution < 1.29 is 9.90 Å². The molecule has 0 aromatic heterocycles. The van der Waals surface area contributed by atoms with Gasteiger partial charge in [-0.25, -0.2) is 0 Å². The fourth-order valence-corrected chi connectivity index (χ4v) is 1.24. The van der Waals surface area contributed by atoms with E-state index in [9.17, 15) is 9.90 Å². The molecule has 11 heavy (non-hydrogen) atoms. The maximum Gasteiger partial charge on any atom is 0.165 e. The van der Waals surface area contributed by atoms with E-state index in [1.54, 1.807) is 4.90 Å². The minimum atomic E-state index is -0.570. The summed E-state index contributed by atoms with van der Waals surface area (Å²) in [6.07, 6.45) is -0.570. The van der Waals surface area contributed by atoms with Gasteiger partial charge in [-0.15, -0.1) is 0 Å². The van der Waals surface area contributed by atoms with Gasteiger partial charge in [-0.2, -0.15) is 0 Å². The molecule has 64 valence electrons. The molecule has 0 aromatic rings. The van der Waals surface area contributed by atoms with Crippen LogP contribution in [0.25, 0.3) is 0 Å². The van der Waals surface area contributed by atoms with Crippen molar-refractivity contribution >= 4 is 5.78 Å². The highest BCUT2D eigenvalue weighted by Crippen LogP contribution is 2.08. The Morgan fingerprint density at radius 2 is 2.27 bits per heavy atom. The van der Waals surface area contributed by atoms with Crippen molar-refractivity contribution in [2.75, 3.05) is 26.7 Å². The minimum Gasteiger partial charge on any atom is -0.365 e. The van der Waals surface area contributed by atoms with Crippen molar-refractivity contribution in [2.24, 2.45) is 0 Å². The quantitative estimate of drug-likeness (QED) is 0.565. The summed E-state index contributed by atoms with van der Waals surface area (Å²) in [7, 11) is 1.84. The fraction of sp³-hybridized carbons (Fsp3) is 0.857. The molecule has 4 heteroatoms. The summed E-state index contributed by atoms with van der Waals surface area (Å²) in [4.78, 5) is 14.2. The van der Waals surface area contributed by atoms with E-state index in [-0.39, 0.29) is 5.78 Å². The highest BCUT2D eigenvalue weighted by atomic mass is 16.3. The van der Waals surface area contributed by atoms with Crippen molar-refractivity contribution in [1.29, 1.82) is 0 Å². The third-order valence-electron chi connectivity index (χ3n) is 1.89. The molecule has 1 aliphatic heterocycles. The van der Waals surface area contributed by atoms with Crippen LogP contribution in [0.4, 0.5) is 0 Å². The molecule has 1 aliphatic rings. The molecule has 1 N–H and O–H groups in total. The molecule has 0 saturated carbocycles. The number of Topliss-reactive ketones (excluding diaryl/α,β-unsaturated/α-hetero) is 1. The van der Waals surface area contributed by atoms with Gasteiger partial charge in [0, 0.05) is 13.1 Å². The fourth-order valence-electron chi connectivity index (χ4n) is 1.24. The second-order valence-corrected chi connectivity index (χ2v) is 3.00. The summed E-state index contributed by atoms with van der Waals surface area (Å²) in [6, 6.07) is 0. The number of carbonyl (C=O) groups excluding carboxylic acids is 1. The highest BCUT2D eigenvalue weighted by Gasteiger charge is 2.27. The predicted octanol–water partition coefficient (Wildman–Crippen LogP) is -0.901. The molecule has 0 aliphatic carbocycles. The van der Waals surface area contributed by atoms with E-state index in [0.717, 1.165) is 13.1 Å². The lowest BCUT2D eigenvalue weighted by molar-refractivity contribution is -0.122. The first-order valence-electron chi connectivity index (χ1n) is 3.73. The first-order chi connectivity index (χ1) is 5.11. The van der Waals surface area contributed by atoms with Gasteiger partial charge in [0.1, 0.15) is 5.78 Å². The molecule has 0 spiro atoms. The summed E-state index contributed by atoms with van der Waals surface area (Å²) in [5, 5.41) is 9.41. The number of nitrogens with zero attached hydrogens (tertiary/aromatic N) is 2. The lowest BCUT2D eigenvalue weighted by atomic mass is 10.4. The van der Waals surface area contributed by atoms with Crippen molar-refractivity contribution in [1.82, 2.24) is 9.80 Å². The van der Waals surface area contributed by atoms with E-state index >= 15 is 0 Å². The van der Waals surface area contributed by atoms with Gasteiger partial charge in [0.2, 0.25) is 0 Å². The van der Waals surface area contributed by atoms with Crippen LogP contribution in [-0.2, 0) is 4.79 Å². The van der Waals surface area contributed by atoms with Gasteiger partial charge in [0.05, 0.1) is 6.54 Å². The van der Waals surface area contributed by atoms with Gasteiger partial charge < -0.3 is 5.11 Å². The van der Waals surface area contributed by atoms with Crippen LogP contribution in [0.3, 0.4) is 0 Å². The molecular weight excluding hydrogens is 144 g/mol. The van der Waals surface area contributed by atoms with Crippen LogP contribution in [0.2, 0.25) is 0 Å².